The number of piperidine rings is 1. The molecule has 21 heavy (non-hydrogen) atoms. The third-order valence-corrected chi connectivity index (χ3v) is 5.01. The normalized spacial score (nSPS) is 23.0. The lowest BCUT2D eigenvalue weighted by Gasteiger charge is -2.32. The van der Waals surface area contributed by atoms with Crippen LogP contribution in [0, 0.1) is 5.92 Å². The zero-order chi connectivity index (χ0) is 14.3. The fourth-order valence-corrected chi connectivity index (χ4v) is 3.92. The quantitative estimate of drug-likeness (QED) is 0.840. The van der Waals surface area contributed by atoms with Crippen LogP contribution >= 0.6 is 12.4 Å². The first-order chi connectivity index (χ1) is 9.49. The molecule has 3 rings (SSSR count). The van der Waals surface area contributed by atoms with Gasteiger partial charge in [0.2, 0.25) is 0 Å². The first-order valence-corrected chi connectivity index (χ1v) is 7.85. The molecule has 1 aromatic rings. The van der Waals surface area contributed by atoms with E-state index < -0.39 is 21.9 Å². The van der Waals surface area contributed by atoms with Gasteiger partial charge in [-0.3, -0.25) is 4.79 Å². The number of carbonyl (C=O) groups is 1. The van der Waals surface area contributed by atoms with Gasteiger partial charge in [-0.05, 0) is 25.0 Å². The number of aliphatic carboxylic acids is 1. The second-order valence-electron chi connectivity index (χ2n) is 5.01. The molecule has 0 aromatic heterocycles. The summed E-state index contributed by atoms with van der Waals surface area (Å²) < 4.78 is 27.8. The van der Waals surface area contributed by atoms with Gasteiger partial charge in [0.15, 0.2) is 5.84 Å². The highest BCUT2D eigenvalue weighted by Gasteiger charge is 2.34. The number of benzene rings is 1. The minimum absolute atomic E-state index is 0. The van der Waals surface area contributed by atoms with Crippen molar-refractivity contribution >= 4 is 34.2 Å². The van der Waals surface area contributed by atoms with Crippen molar-refractivity contribution in [1.82, 2.24) is 4.90 Å². The summed E-state index contributed by atoms with van der Waals surface area (Å²) >= 11 is 0. The van der Waals surface area contributed by atoms with E-state index in [4.69, 9.17) is 5.11 Å². The topological polar surface area (TPSA) is 87.0 Å². The van der Waals surface area contributed by atoms with Gasteiger partial charge >= 0.3 is 5.97 Å². The van der Waals surface area contributed by atoms with E-state index in [2.05, 4.69) is 4.40 Å². The van der Waals surface area contributed by atoms with Gasteiger partial charge in [0.05, 0.1) is 5.92 Å². The summed E-state index contributed by atoms with van der Waals surface area (Å²) in [5.41, 5.74) is 0.568. The van der Waals surface area contributed by atoms with Crippen LogP contribution in [0.25, 0.3) is 0 Å². The van der Waals surface area contributed by atoms with Crippen LogP contribution in [-0.2, 0) is 14.8 Å². The average molecular weight is 331 g/mol. The zero-order valence-corrected chi connectivity index (χ0v) is 12.7. The highest BCUT2D eigenvalue weighted by molar-refractivity contribution is 7.90. The molecule has 0 radical (unpaired) electrons. The average Bonchev–Trinajstić information content (AvgIpc) is 2.72. The summed E-state index contributed by atoms with van der Waals surface area (Å²) in [5.74, 6) is -0.932. The monoisotopic (exact) mass is 330 g/mol. The molecule has 114 valence electrons. The van der Waals surface area contributed by atoms with Gasteiger partial charge in [-0.15, -0.1) is 16.8 Å². The molecule has 1 N–H and O–H groups in total. The maximum atomic E-state index is 12.0. The third kappa shape index (κ3) is 2.75. The van der Waals surface area contributed by atoms with Gasteiger partial charge in [-0.25, -0.2) is 0 Å². The van der Waals surface area contributed by atoms with E-state index in [1.807, 2.05) is 0 Å². The smallest absolute Gasteiger partial charge is 0.308 e. The number of carboxylic acid groups (broad SMARTS) is 1. The molecule has 0 amide bonds. The van der Waals surface area contributed by atoms with Gasteiger partial charge in [0, 0.05) is 18.7 Å². The highest BCUT2D eigenvalue weighted by Crippen LogP contribution is 2.29. The molecule has 1 aromatic carbocycles. The molecular weight excluding hydrogens is 316 g/mol. The number of sulfonamides is 1. The molecule has 0 spiro atoms. The van der Waals surface area contributed by atoms with E-state index in [0.717, 1.165) is 6.42 Å². The Labute approximate surface area is 128 Å². The summed E-state index contributed by atoms with van der Waals surface area (Å²) in [6.07, 6.45) is 1.34. The Hall–Kier alpha value is -1.60. The van der Waals surface area contributed by atoms with Crippen molar-refractivity contribution in [2.45, 2.75) is 17.7 Å². The van der Waals surface area contributed by atoms with Crippen LogP contribution in [0.3, 0.4) is 0 Å². The molecule has 1 unspecified atom stereocenters. The van der Waals surface area contributed by atoms with E-state index in [1.54, 1.807) is 23.1 Å². The fraction of sp³-hybridized carbons (Fsp3) is 0.385. The van der Waals surface area contributed by atoms with E-state index in [1.165, 1.54) is 6.07 Å². The highest BCUT2D eigenvalue weighted by atomic mass is 35.5. The Bertz CT molecular complexity index is 702. The maximum Gasteiger partial charge on any atom is 0.308 e. The van der Waals surface area contributed by atoms with Gasteiger partial charge in [0.25, 0.3) is 10.0 Å². The molecular formula is C13H15ClN2O4S. The Kier molecular flexibility index (Phi) is 4.25. The van der Waals surface area contributed by atoms with Crippen molar-refractivity contribution in [3.8, 4) is 0 Å². The minimum atomic E-state index is -3.64. The molecule has 0 aliphatic carbocycles. The summed E-state index contributed by atoms with van der Waals surface area (Å²) in [5, 5.41) is 9.11. The molecule has 2 aliphatic rings. The number of amidine groups is 1. The summed E-state index contributed by atoms with van der Waals surface area (Å²) in [4.78, 5) is 13.1. The number of rotatable bonds is 1. The number of hydrogen-bond donors (Lipinski definition) is 1. The first kappa shape index (κ1) is 15.8. The van der Waals surface area contributed by atoms with Crippen LogP contribution in [0.5, 0.6) is 0 Å². The molecule has 1 saturated heterocycles. The molecule has 6 nitrogen and oxygen atoms in total. The Morgan fingerprint density at radius 2 is 2.05 bits per heavy atom. The van der Waals surface area contributed by atoms with Crippen LogP contribution in [0.1, 0.15) is 18.4 Å². The standard InChI is InChI=1S/C13H14N2O4S.ClH/c16-13(17)9-4-3-7-15(8-9)12-10-5-1-2-6-11(10)20(18,19)14-12;/h1-2,5-6,9H,3-4,7-8H2,(H,16,17);1H. The molecule has 1 fully saturated rings. The molecule has 2 heterocycles. The minimum Gasteiger partial charge on any atom is -0.481 e. The van der Waals surface area contributed by atoms with E-state index >= 15 is 0 Å². The largest absolute Gasteiger partial charge is 0.481 e. The van der Waals surface area contributed by atoms with Crippen LogP contribution in [-0.4, -0.2) is 43.3 Å². The Morgan fingerprint density at radius 1 is 1.33 bits per heavy atom. The van der Waals surface area contributed by atoms with Crippen molar-refractivity contribution < 1.29 is 18.3 Å². The lowest BCUT2D eigenvalue weighted by atomic mass is 9.97. The van der Waals surface area contributed by atoms with Crippen molar-refractivity contribution in [2.24, 2.45) is 10.3 Å². The molecule has 1 atom stereocenters. The second kappa shape index (κ2) is 5.65. The maximum absolute atomic E-state index is 12.0. The summed E-state index contributed by atoms with van der Waals surface area (Å²) in [6.45, 7) is 0.935. The van der Waals surface area contributed by atoms with Crippen LogP contribution in [0.2, 0.25) is 0 Å². The van der Waals surface area contributed by atoms with Gasteiger partial charge in [0.1, 0.15) is 4.90 Å². The fourth-order valence-electron chi connectivity index (χ4n) is 2.69. The van der Waals surface area contributed by atoms with E-state index in [-0.39, 0.29) is 17.3 Å². The zero-order valence-electron chi connectivity index (χ0n) is 11.1. The summed E-state index contributed by atoms with van der Waals surface area (Å²) in [6, 6.07) is 6.65. The number of fused-ring (bicyclic) bond motifs is 1. The van der Waals surface area contributed by atoms with Crippen LogP contribution < -0.4 is 0 Å². The van der Waals surface area contributed by atoms with Gasteiger partial charge in [-0.2, -0.15) is 8.42 Å². The van der Waals surface area contributed by atoms with Gasteiger partial charge in [-0.1, -0.05) is 12.1 Å². The molecule has 8 heteroatoms. The molecule has 0 saturated carbocycles. The lowest BCUT2D eigenvalue weighted by Crippen LogP contribution is -2.42. The van der Waals surface area contributed by atoms with Gasteiger partial charge < -0.3 is 10.0 Å². The lowest BCUT2D eigenvalue weighted by molar-refractivity contribution is -0.143. The second-order valence-corrected chi connectivity index (χ2v) is 6.58. The van der Waals surface area contributed by atoms with Crippen LogP contribution in [0.4, 0.5) is 0 Å². The number of nitrogens with zero attached hydrogens (tertiary/aromatic N) is 2. The number of hydrogen-bond acceptors (Lipinski definition) is 4. The number of halogens is 1. The van der Waals surface area contributed by atoms with Crippen molar-refractivity contribution in [3.63, 3.8) is 0 Å². The van der Waals surface area contributed by atoms with Crippen molar-refractivity contribution in [2.75, 3.05) is 13.1 Å². The summed E-state index contributed by atoms with van der Waals surface area (Å²) in [7, 11) is -3.64. The molecule has 0 bridgehead atoms. The third-order valence-electron chi connectivity index (χ3n) is 3.68. The van der Waals surface area contributed by atoms with E-state index in [9.17, 15) is 13.2 Å². The first-order valence-electron chi connectivity index (χ1n) is 6.41. The van der Waals surface area contributed by atoms with Crippen LogP contribution in [0.15, 0.2) is 33.6 Å². The predicted molar refractivity (Wildman–Crippen MR) is 79.3 cm³/mol. The number of carboxylic acids is 1. The van der Waals surface area contributed by atoms with Crippen molar-refractivity contribution in [3.05, 3.63) is 29.8 Å². The Morgan fingerprint density at radius 3 is 2.76 bits per heavy atom. The molecule has 2 aliphatic heterocycles. The number of likely N-dealkylation sites (tertiary alicyclic amines) is 1. The predicted octanol–water partition coefficient (Wildman–Crippen LogP) is 1.35. The Balaban J connectivity index is 0.00000161. The van der Waals surface area contributed by atoms with Crippen molar-refractivity contribution in [1.29, 1.82) is 0 Å². The van der Waals surface area contributed by atoms with E-state index in [0.29, 0.717) is 30.9 Å². The SMILES string of the molecule is Cl.O=C(O)C1CCCN(C2=NS(=O)(=O)c3ccccc32)C1.